The lowest BCUT2D eigenvalue weighted by Gasteiger charge is -2.07. The van der Waals surface area contributed by atoms with Crippen molar-refractivity contribution in [3.8, 4) is 0 Å². The van der Waals surface area contributed by atoms with E-state index in [0.717, 1.165) is 17.0 Å². The Bertz CT molecular complexity index is 851. The second kappa shape index (κ2) is 5.60. The second-order valence-electron chi connectivity index (χ2n) is 5.51. The largest absolute Gasteiger partial charge is 0.347 e. The van der Waals surface area contributed by atoms with Gasteiger partial charge in [0, 0.05) is 18.3 Å². The quantitative estimate of drug-likeness (QED) is 0.807. The SMILES string of the molecule is Cc1cccc(CNC(=O)c2cc(C)n3nc(C)cc3n2)c1. The van der Waals surface area contributed by atoms with Gasteiger partial charge in [0.1, 0.15) is 5.69 Å². The third-order valence-corrected chi connectivity index (χ3v) is 3.50. The van der Waals surface area contributed by atoms with Gasteiger partial charge in [-0.2, -0.15) is 5.10 Å². The average molecular weight is 294 g/mol. The molecule has 22 heavy (non-hydrogen) atoms. The summed E-state index contributed by atoms with van der Waals surface area (Å²) >= 11 is 0. The fraction of sp³-hybridized carbons (Fsp3) is 0.235. The highest BCUT2D eigenvalue weighted by Gasteiger charge is 2.11. The number of hydrogen-bond acceptors (Lipinski definition) is 3. The Morgan fingerprint density at radius 1 is 1.18 bits per heavy atom. The molecule has 0 radical (unpaired) electrons. The Balaban J connectivity index is 1.80. The molecule has 5 heteroatoms. The fourth-order valence-electron chi connectivity index (χ4n) is 2.45. The van der Waals surface area contributed by atoms with Gasteiger partial charge in [0.15, 0.2) is 5.65 Å². The van der Waals surface area contributed by atoms with Crippen molar-refractivity contribution in [3.63, 3.8) is 0 Å². The van der Waals surface area contributed by atoms with Crippen LogP contribution in [0.1, 0.15) is 33.0 Å². The van der Waals surface area contributed by atoms with Crippen molar-refractivity contribution in [1.29, 1.82) is 0 Å². The topological polar surface area (TPSA) is 59.3 Å². The Morgan fingerprint density at radius 2 is 2.00 bits per heavy atom. The molecule has 3 rings (SSSR count). The molecule has 1 aromatic carbocycles. The van der Waals surface area contributed by atoms with E-state index in [1.165, 1.54) is 5.56 Å². The van der Waals surface area contributed by atoms with Crippen LogP contribution in [0.15, 0.2) is 36.4 Å². The summed E-state index contributed by atoms with van der Waals surface area (Å²) in [6.45, 7) is 6.35. The van der Waals surface area contributed by atoms with Crippen LogP contribution in [0, 0.1) is 20.8 Å². The lowest BCUT2D eigenvalue weighted by Crippen LogP contribution is -2.24. The monoisotopic (exact) mass is 294 g/mol. The molecule has 1 amide bonds. The summed E-state index contributed by atoms with van der Waals surface area (Å²) in [4.78, 5) is 16.7. The summed E-state index contributed by atoms with van der Waals surface area (Å²) in [6, 6.07) is 11.7. The molecule has 0 atom stereocenters. The molecule has 3 aromatic rings. The zero-order chi connectivity index (χ0) is 15.7. The number of aryl methyl sites for hydroxylation is 3. The van der Waals surface area contributed by atoms with E-state index in [1.807, 2.05) is 45.0 Å². The fourth-order valence-corrected chi connectivity index (χ4v) is 2.45. The lowest BCUT2D eigenvalue weighted by molar-refractivity contribution is 0.0946. The van der Waals surface area contributed by atoms with E-state index in [-0.39, 0.29) is 5.91 Å². The van der Waals surface area contributed by atoms with Crippen molar-refractivity contribution in [2.75, 3.05) is 0 Å². The Hall–Kier alpha value is -2.69. The Kier molecular flexibility index (Phi) is 3.63. The normalized spacial score (nSPS) is 10.9. The van der Waals surface area contributed by atoms with Gasteiger partial charge in [-0.05, 0) is 32.4 Å². The van der Waals surface area contributed by atoms with E-state index < -0.39 is 0 Å². The van der Waals surface area contributed by atoms with Gasteiger partial charge < -0.3 is 5.32 Å². The van der Waals surface area contributed by atoms with Crippen LogP contribution in [0.2, 0.25) is 0 Å². The van der Waals surface area contributed by atoms with Crippen molar-refractivity contribution < 1.29 is 4.79 Å². The van der Waals surface area contributed by atoms with Crippen molar-refractivity contribution in [2.45, 2.75) is 27.3 Å². The highest BCUT2D eigenvalue weighted by molar-refractivity contribution is 5.92. The highest BCUT2D eigenvalue weighted by atomic mass is 16.1. The summed E-state index contributed by atoms with van der Waals surface area (Å²) in [5, 5.41) is 7.25. The zero-order valence-corrected chi connectivity index (χ0v) is 12.9. The second-order valence-corrected chi connectivity index (χ2v) is 5.51. The average Bonchev–Trinajstić information content (AvgIpc) is 2.86. The van der Waals surface area contributed by atoms with E-state index in [4.69, 9.17) is 0 Å². The predicted octanol–water partition coefficient (Wildman–Crippen LogP) is 2.58. The molecule has 2 aromatic heterocycles. The van der Waals surface area contributed by atoms with Gasteiger partial charge in [0.2, 0.25) is 0 Å². The summed E-state index contributed by atoms with van der Waals surface area (Å²) in [6.07, 6.45) is 0. The number of carbonyl (C=O) groups is 1. The van der Waals surface area contributed by atoms with Gasteiger partial charge in [-0.25, -0.2) is 9.50 Å². The van der Waals surface area contributed by atoms with E-state index in [0.29, 0.717) is 17.9 Å². The van der Waals surface area contributed by atoms with Gasteiger partial charge in [-0.3, -0.25) is 4.79 Å². The molecule has 5 nitrogen and oxygen atoms in total. The van der Waals surface area contributed by atoms with E-state index in [9.17, 15) is 4.79 Å². The molecule has 112 valence electrons. The van der Waals surface area contributed by atoms with Gasteiger partial charge in [0.05, 0.1) is 5.69 Å². The minimum Gasteiger partial charge on any atom is -0.347 e. The molecule has 0 saturated carbocycles. The molecule has 0 aliphatic carbocycles. The maximum Gasteiger partial charge on any atom is 0.270 e. The third kappa shape index (κ3) is 2.83. The number of fused-ring (bicyclic) bond motifs is 1. The number of nitrogens with one attached hydrogen (secondary N) is 1. The van der Waals surface area contributed by atoms with Gasteiger partial charge in [0.25, 0.3) is 5.91 Å². The summed E-state index contributed by atoms with van der Waals surface area (Å²) in [7, 11) is 0. The van der Waals surface area contributed by atoms with Crippen LogP contribution in [-0.4, -0.2) is 20.5 Å². The van der Waals surface area contributed by atoms with Crippen molar-refractivity contribution in [3.05, 3.63) is 64.6 Å². The molecular formula is C17H18N4O. The van der Waals surface area contributed by atoms with Gasteiger partial charge in [-0.1, -0.05) is 29.8 Å². The Labute approximate surface area is 129 Å². The number of hydrogen-bond donors (Lipinski definition) is 1. The molecular weight excluding hydrogens is 276 g/mol. The zero-order valence-electron chi connectivity index (χ0n) is 12.9. The summed E-state index contributed by atoms with van der Waals surface area (Å²) in [5.74, 6) is -0.175. The number of benzene rings is 1. The lowest BCUT2D eigenvalue weighted by atomic mass is 10.1. The molecule has 0 saturated heterocycles. The smallest absolute Gasteiger partial charge is 0.270 e. The number of aromatic nitrogens is 3. The molecule has 0 unspecified atom stereocenters. The highest BCUT2D eigenvalue weighted by Crippen LogP contribution is 2.09. The molecule has 0 spiro atoms. The molecule has 1 N–H and O–H groups in total. The molecule has 2 heterocycles. The van der Waals surface area contributed by atoms with Crippen LogP contribution in [-0.2, 0) is 6.54 Å². The van der Waals surface area contributed by atoms with Crippen molar-refractivity contribution in [1.82, 2.24) is 19.9 Å². The van der Waals surface area contributed by atoms with Crippen LogP contribution in [0.3, 0.4) is 0 Å². The molecule has 0 fully saturated rings. The van der Waals surface area contributed by atoms with Crippen molar-refractivity contribution in [2.24, 2.45) is 0 Å². The summed E-state index contributed by atoms with van der Waals surface area (Å²) < 4.78 is 1.74. The van der Waals surface area contributed by atoms with Crippen LogP contribution >= 0.6 is 0 Å². The number of rotatable bonds is 3. The minimum atomic E-state index is -0.175. The number of amides is 1. The third-order valence-electron chi connectivity index (χ3n) is 3.50. The molecule has 0 aliphatic heterocycles. The predicted molar refractivity (Wildman–Crippen MR) is 84.8 cm³/mol. The summed E-state index contributed by atoms with van der Waals surface area (Å²) in [5.41, 5.74) is 5.13. The maximum absolute atomic E-state index is 12.3. The first-order chi connectivity index (χ1) is 10.5. The van der Waals surface area contributed by atoms with Crippen LogP contribution in [0.4, 0.5) is 0 Å². The maximum atomic E-state index is 12.3. The first-order valence-electron chi connectivity index (χ1n) is 7.21. The van der Waals surface area contributed by atoms with E-state index in [2.05, 4.69) is 21.5 Å². The first-order valence-corrected chi connectivity index (χ1v) is 7.21. The van der Waals surface area contributed by atoms with E-state index in [1.54, 1.807) is 10.6 Å². The number of carbonyl (C=O) groups excluding carboxylic acids is 1. The number of nitrogens with zero attached hydrogens (tertiary/aromatic N) is 3. The van der Waals surface area contributed by atoms with Crippen molar-refractivity contribution >= 4 is 11.6 Å². The molecule has 0 bridgehead atoms. The van der Waals surface area contributed by atoms with Crippen LogP contribution in [0.25, 0.3) is 5.65 Å². The first kappa shape index (κ1) is 14.3. The van der Waals surface area contributed by atoms with Gasteiger partial charge >= 0.3 is 0 Å². The molecule has 0 aliphatic rings. The van der Waals surface area contributed by atoms with Gasteiger partial charge in [-0.15, -0.1) is 0 Å². The Morgan fingerprint density at radius 3 is 2.77 bits per heavy atom. The van der Waals surface area contributed by atoms with Crippen LogP contribution in [0.5, 0.6) is 0 Å². The van der Waals surface area contributed by atoms with E-state index >= 15 is 0 Å². The standard InChI is InChI=1S/C17H18N4O/c1-11-5-4-6-14(7-11)10-18-17(22)15-9-13(3)21-16(19-15)8-12(2)20-21/h4-9H,10H2,1-3H3,(H,18,22). The van der Waals surface area contributed by atoms with Crippen LogP contribution < -0.4 is 5.32 Å². The minimum absolute atomic E-state index is 0.175.